The molecule has 0 N–H and O–H groups in total. The summed E-state index contributed by atoms with van der Waals surface area (Å²) in [5.41, 5.74) is 2.36. The first-order chi connectivity index (χ1) is 12.3. The van der Waals surface area contributed by atoms with E-state index in [1.807, 2.05) is 18.2 Å². The first kappa shape index (κ1) is 15.7. The molecule has 7 heteroatoms. The molecule has 4 rings (SSSR count). The summed E-state index contributed by atoms with van der Waals surface area (Å²) in [6, 6.07) is 10.2. The van der Waals surface area contributed by atoms with Crippen LogP contribution in [-0.2, 0) is 6.54 Å². The fourth-order valence-electron chi connectivity index (χ4n) is 2.98. The van der Waals surface area contributed by atoms with Gasteiger partial charge in [-0.25, -0.2) is 9.37 Å². The minimum Gasteiger partial charge on any atom is -0.451 e. The van der Waals surface area contributed by atoms with Crippen molar-refractivity contribution in [1.29, 1.82) is 0 Å². The van der Waals surface area contributed by atoms with E-state index in [2.05, 4.69) is 25.0 Å². The van der Waals surface area contributed by atoms with Crippen LogP contribution in [0.15, 0.2) is 53.5 Å². The highest BCUT2D eigenvalue weighted by Crippen LogP contribution is 2.20. The molecule has 0 aliphatic carbocycles. The summed E-state index contributed by atoms with van der Waals surface area (Å²) in [5.74, 6) is 0.577. The molecule has 0 unspecified atom stereocenters. The Morgan fingerprint density at radius 2 is 1.92 bits per heavy atom. The lowest BCUT2D eigenvalue weighted by atomic mass is 10.1. The molecule has 0 spiro atoms. The van der Waals surface area contributed by atoms with Crippen LogP contribution in [0.25, 0.3) is 11.3 Å². The van der Waals surface area contributed by atoms with Gasteiger partial charge in [0, 0.05) is 38.3 Å². The van der Waals surface area contributed by atoms with Crippen LogP contribution >= 0.6 is 0 Å². The second-order valence-electron chi connectivity index (χ2n) is 6.03. The molecule has 0 saturated carbocycles. The lowest BCUT2D eigenvalue weighted by Crippen LogP contribution is -2.46. The fourth-order valence-corrected chi connectivity index (χ4v) is 2.98. The molecule has 3 aromatic rings. The zero-order chi connectivity index (χ0) is 17.1. The van der Waals surface area contributed by atoms with Crippen molar-refractivity contribution in [3.8, 4) is 11.3 Å². The molecule has 1 aromatic carbocycles. The van der Waals surface area contributed by atoms with E-state index in [-0.39, 0.29) is 5.82 Å². The zero-order valence-electron chi connectivity index (χ0n) is 13.7. The molecule has 1 fully saturated rings. The second-order valence-corrected chi connectivity index (χ2v) is 6.03. The summed E-state index contributed by atoms with van der Waals surface area (Å²) < 4.78 is 18.3. The Bertz CT molecular complexity index is 814. The van der Waals surface area contributed by atoms with Gasteiger partial charge in [-0.15, -0.1) is 10.2 Å². The third-order valence-electron chi connectivity index (χ3n) is 4.34. The summed E-state index contributed by atoms with van der Waals surface area (Å²) in [4.78, 5) is 8.71. The first-order valence-electron chi connectivity index (χ1n) is 8.22. The zero-order valence-corrected chi connectivity index (χ0v) is 13.7. The van der Waals surface area contributed by atoms with E-state index in [4.69, 9.17) is 4.42 Å². The van der Waals surface area contributed by atoms with Gasteiger partial charge in [0.2, 0.25) is 0 Å². The molecule has 0 bridgehead atoms. The average molecular weight is 339 g/mol. The number of nitrogens with zero attached hydrogens (tertiary/aromatic N) is 5. The molecule has 25 heavy (non-hydrogen) atoms. The molecule has 1 aliphatic heterocycles. The molecule has 2 aromatic heterocycles. The highest BCUT2D eigenvalue weighted by Gasteiger charge is 2.19. The monoisotopic (exact) mass is 339 g/mol. The van der Waals surface area contributed by atoms with Crippen LogP contribution < -0.4 is 4.90 Å². The van der Waals surface area contributed by atoms with Gasteiger partial charge in [-0.05, 0) is 24.3 Å². The number of anilines is 1. The van der Waals surface area contributed by atoms with Crippen molar-refractivity contribution in [3.63, 3.8) is 0 Å². The van der Waals surface area contributed by atoms with Gasteiger partial charge in [0.25, 0.3) is 0 Å². The smallest absolute Gasteiger partial charge is 0.180 e. The van der Waals surface area contributed by atoms with Crippen molar-refractivity contribution in [1.82, 2.24) is 20.1 Å². The Kier molecular flexibility index (Phi) is 4.39. The van der Waals surface area contributed by atoms with Gasteiger partial charge in [-0.3, -0.25) is 4.90 Å². The SMILES string of the molecule is Fc1cccc(-c2ccc(N3CCN(Cc4cocn4)CC3)nn2)c1. The van der Waals surface area contributed by atoms with Gasteiger partial charge in [0.15, 0.2) is 12.2 Å². The highest BCUT2D eigenvalue weighted by atomic mass is 19.1. The van der Waals surface area contributed by atoms with Crippen LogP contribution in [0.2, 0.25) is 0 Å². The Balaban J connectivity index is 1.38. The maximum atomic E-state index is 13.3. The molecular formula is C18H18FN5O. The Morgan fingerprint density at radius 1 is 1.04 bits per heavy atom. The fraction of sp³-hybridized carbons (Fsp3) is 0.278. The summed E-state index contributed by atoms with van der Waals surface area (Å²) in [5, 5.41) is 8.57. The van der Waals surface area contributed by atoms with Gasteiger partial charge in [0.05, 0.1) is 11.4 Å². The molecule has 0 radical (unpaired) electrons. The molecular weight excluding hydrogens is 321 g/mol. The molecule has 128 valence electrons. The Labute approximate surface area is 144 Å². The number of benzene rings is 1. The van der Waals surface area contributed by atoms with Gasteiger partial charge in [-0.2, -0.15) is 0 Å². The quantitative estimate of drug-likeness (QED) is 0.728. The van der Waals surface area contributed by atoms with Gasteiger partial charge >= 0.3 is 0 Å². The van der Waals surface area contributed by atoms with E-state index in [0.29, 0.717) is 5.69 Å². The molecule has 6 nitrogen and oxygen atoms in total. The minimum atomic E-state index is -0.272. The van der Waals surface area contributed by atoms with Crippen LogP contribution in [0.4, 0.5) is 10.2 Å². The first-order valence-corrected chi connectivity index (χ1v) is 8.22. The Morgan fingerprint density at radius 3 is 2.60 bits per heavy atom. The average Bonchev–Trinajstić information content (AvgIpc) is 3.16. The van der Waals surface area contributed by atoms with Gasteiger partial charge in [0.1, 0.15) is 12.1 Å². The number of halogens is 1. The van der Waals surface area contributed by atoms with E-state index >= 15 is 0 Å². The molecule has 1 aliphatic rings. The third kappa shape index (κ3) is 3.66. The standard InChI is InChI=1S/C18H18FN5O/c19-15-3-1-2-14(10-15)17-4-5-18(22-21-17)24-8-6-23(7-9-24)11-16-12-25-13-20-16/h1-5,10,12-13H,6-9,11H2. The second kappa shape index (κ2) is 6.98. The number of oxazole rings is 1. The number of aromatic nitrogens is 3. The van der Waals surface area contributed by atoms with Crippen LogP contribution in [0.1, 0.15) is 5.69 Å². The predicted octanol–water partition coefficient (Wildman–Crippen LogP) is 2.59. The summed E-state index contributed by atoms with van der Waals surface area (Å²) >= 11 is 0. The largest absolute Gasteiger partial charge is 0.451 e. The van der Waals surface area contributed by atoms with Crippen LogP contribution in [0.5, 0.6) is 0 Å². The number of rotatable bonds is 4. The van der Waals surface area contributed by atoms with Gasteiger partial charge in [-0.1, -0.05) is 12.1 Å². The summed E-state index contributed by atoms with van der Waals surface area (Å²) in [6.45, 7) is 4.42. The van der Waals surface area contributed by atoms with E-state index in [1.54, 1.807) is 12.3 Å². The lowest BCUT2D eigenvalue weighted by molar-refractivity contribution is 0.246. The number of hydrogen-bond donors (Lipinski definition) is 0. The maximum Gasteiger partial charge on any atom is 0.180 e. The number of hydrogen-bond acceptors (Lipinski definition) is 6. The van der Waals surface area contributed by atoms with E-state index in [0.717, 1.165) is 49.8 Å². The lowest BCUT2D eigenvalue weighted by Gasteiger charge is -2.34. The summed E-state index contributed by atoms with van der Waals surface area (Å²) in [7, 11) is 0. The van der Waals surface area contributed by atoms with Crippen LogP contribution in [0.3, 0.4) is 0 Å². The van der Waals surface area contributed by atoms with Crippen LogP contribution in [-0.4, -0.2) is 46.3 Å². The van der Waals surface area contributed by atoms with E-state index < -0.39 is 0 Å². The summed E-state index contributed by atoms with van der Waals surface area (Å²) in [6.07, 6.45) is 3.14. The normalized spacial score (nSPS) is 15.5. The molecule has 0 atom stereocenters. The third-order valence-corrected chi connectivity index (χ3v) is 4.34. The van der Waals surface area contributed by atoms with Crippen molar-refractivity contribution in [2.45, 2.75) is 6.54 Å². The van der Waals surface area contributed by atoms with Crippen molar-refractivity contribution in [3.05, 3.63) is 60.6 Å². The van der Waals surface area contributed by atoms with Crippen molar-refractivity contribution >= 4 is 5.82 Å². The van der Waals surface area contributed by atoms with Gasteiger partial charge < -0.3 is 9.32 Å². The van der Waals surface area contributed by atoms with Crippen LogP contribution in [0, 0.1) is 5.82 Å². The topological polar surface area (TPSA) is 58.3 Å². The van der Waals surface area contributed by atoms with E-state index in [1.165, 1.54) is 18.5 Å². The number of piperazine rings is 1. The minimum absolute atomic E-state index is 0.272. The highest BCUT2D eigenvalue weighted by molar-refractivity contribution is 5.59. The molecule has 1 saturated heterocycles. The maximum absolute atomic E-state index is 13.3. The van der Waals surface area contributed by atoms with Crippen molar-refractivity contribution in [2.75, 3.05) is 31.1 Å². The Hall–Kier alpha value is -2.80. The predicted molar refractivity (Wildman–Crippen MR) is 91.4 cm³/mol. The molecule has 3 heterocycles. The van der Waals surface area contributed by atoms with Crippen molar-refractivity contribution in [2.24, 2.45) is 0 Å². The van der Waals surface area contributed by atoms with Crippen molar-refractivity contribution < 1.29 is 8.81 Å². The molecule has 0 amide bonds. The van der Waals surface area contributed by atoms with E-state index in [9.17, 15) is 4.39 Å².